The number of aromatic nitrogens is 2. The Morgan fingerprint density at radius 1 is 1.31 bits per heavy atom. The number of amides is 1. The number of fused-ring (bicyclic) bond motifs is 1. The third kappa shape index (κ3) is 1.16. The summed E-state index contributed by atoms with van der Waals surface area (Å²) in [5.41, 5.74) is 3.00. The summed E-state index contributed by atoms with van der Waals surface area (Å²) >= 11 is 0. The number of aromatic amines is 1. The van der Waals surface area contributed by atoms with Crippen molar-refractivity contribution in [3.63, 3.8) is 0 Å². The molecule has 1 amide bonds. The number of carbonyl (C=O) groups is 1. The van der Waals surface area contributed by atoms with Crippen LogP contribution in [0.4, 0.5) is 5.82 Å². The van der Waals surface area contributed by atoms with Crippen molar-refractivity contribution in [2.75, 3.05) is 5.32 Å². The fraction of sp³-hybridized carbons (Fsp3) is 0.167. The topological polar surface area (TPSA) is 57.8 Å². The van der Waals surface area contributed by atoms with Crippen molar-refractivity contribution in [2.45, 2.75) is 12.8 Å². The second-order valence-corrected chi connectivity index (χ2v) is 3.92. The van der Waals surface area contributed by atoms with Crippen LogP contribution < -0.4 is 5.32 Å². The van der Waals surface area contributed by atoms with E-state index >= 15 is 0 Å². The molecule has 0 aliphatic carbocycles. The van der Waals surface area contributed by atoms with Gasteiger partial charge in [-0.3, -0.25) is 4.79 Å². The highest BCUT2D eigenvalue weighted by atomic mass is 16.2. The maximum absolute atomic E-state index is 11.9. The van der Waals surface area contributed by atoms with E-state index in [2.05, 4.69) is 15.3 Å². The monoisotopic (exact) mass is 213 g/mol. The number of H-pyrrole nitrogens is 1. The first-order chi connectivity index (χ1) is 7.77. The van der Waals surface area contributed by atoms with E-state index in [-0.39, 0.29) is 11.8 Å². The second-order valence-electron chi connectivity index (χ2n) is 3.92. The van der Waals surface area contributed by atoms with Crippen LogP contribution in [0.2, 0.25) is 0 Å². The molecule has 1 aliphatic rings. The minimum absolute atomic E-state index is 0.00333. The van der Waals surface area contributed by atoms with E-state index in [1.807, 2.05) is 31.3 Å². The summed E-state index contributed by atoms with van der Waals surface area (Å²) in [6.07, 6.45) is 3.54. The SMILES string of the molecule is Cc1[nH]ccc1C1C(=O)Nc2ncccc21. The molecule has 4 heteroatoms. The highest BCUT2D eigenvalue weighted by Gasteiger charge is 2.33. The first-order valence-electron chi connectivity index (χ1n) is 5.17. The Kier molecular flexibility index (Phi) is 1.83. The number of carbonyl (C=O) groups excluding carboxylic acids is 1. The highest BCUT2D eigenvalue weighted by molar-refractivity contribution is 6.04. The van der Waals surface area contributed by atoms with Crippen LogP contribution in [0.5, 0.6) is 0 Å². The van der Waals surface area contributed by atoms with Crippen molar-refractivity contribution in [3.05, 3.63) is 47.4 Å². The van der Waals surface area contributed by atoms with Crippen molar-refractivity contribution in [3.8, 4) is 0 Å². The zero-order valence-corrected chi connectivity index (χ0v) is 8.82. The van der Waals surface area contributed by atoms with Crippen LogP contribution in [-0.4, -0.2) is 15.9 Å². The Bertz CT molecular complexity index is 559. The van der Waals surface area contributed by atoms with Gasteiger partial charge in [0.2, 0.25) is 5.91 Å². The maximum Gasteiger partial charge on any atom is 0.237 e. The van der Waals surface area contributed by atoms with Gasteiger partial charge in [0, 0.05) is 23.7 Å². The van der Waals surface area contributed by atoms with Crippen molar-refractivity contribution in [1.82, 2.24) is 9.97 Å². The predicted molar refractivity (Wildman–Crippen MR) is 60.2 cm³/mol. The van der Waals surface area contributed by atoms with Gasteiger partial charge in [0.25, 0.3) is 0 Å². The van der Waals surface area contributed by atoms with Crippen LogP contribution in [0.25, 0.3) is 0 Å². The average Bonchev–Trinajstić information content (AvgIpc) is 2.81. The first kappa shape index (κ1) is 9.15. The fourth-order valence-corrected chi connectivity index (χ4v) is 2.17. The number of anilines is 1. The lowest BCUT2D eigenvalue weighted by Crippen LogP contribution is -2.13. The summed E-state index contributed by atoms with van der Waals surface area (Å²) in [6.45, 7) is 1.97. The molecule has 2 N–H and O–H groups in total. The van der Waals surface area contributed by atoms with Crippen LogP contribution in [-0.2, 0) is 4.79 Å². The molecule has 0 fully saturated rings. The predicted octanol–water partition coefficient (Wildman–Crippen LogP) is 1.80. The average molecular weight is 213 g/mol. The molecule has 0 radical (unpaired) electrons. The summed E-state index contributed by atoms with van der Waals surface area (Å²) in [6, 6.07) is 5.74. The first-order valence-corrected chi connectivity index (χ1v) is 5.17. The summed E-state index contributed by atoms with van der Waals surface area (Å²) in [5, 5.41) is 2.80. The molecule has 0 saturated heterocycles. The van der Waals surface area contributed by atoms with Gasteiger partial charge in [-0.1, -0.05) is 6.07 Å². The molecule has 16 heavy (non-hydrogen) atoms. The molecule has 2 aromatic rings. The Hall–Kier alpha value is -2.10. The Labute approximate surface area is 92.7 Å². The molecule has 1 atom stereocenters. The fourth-order valence-electron chi connectivity index (χ4n) is 2.17. The maximum atomic E-state index is 11.9. The minimum Gasteiger partial charge on any atom is -0.365 e. The second kappa shape index (κ2) is 3.20. The van der Waals surface area contributed by atoms with Crippen molar-refractivity contribution in [1.29, 1.82) is 0 Å². The summed E-state index contributed by atoms with van der Waals surface area (Å²) < 4.78 is 0. The molecule has 3 rings (SSSR count). The van der Waals surface area contributed by atoms with Crippen LogP contribution in [0.15, 0.2) is 30.6 Å². The molecule has 0 saturated carbocycles. The lowest BCUT2D eigenvalue weighted by atomic mass is 9.94. The van der Waals surface area contributed by atoms with Gasteiger partial charge in [-0.2, -0.15) is 0 Å². The molecule has 0 aromatic carbocycles. The largest absolute Gasteiger partial charge is 0.365 e. The zero-order valence-electron chi connectivity index (χ0n) is 8.82. The van der Waals surface area contributed by atoms with Gasteiger partial charge in [0.1, 0.15) is 5.82 Å². The summed E-state index contributed by atoms with van der Waals surface area (Å²) in [5.74, 6) is 0.449. The van der Waals surface area contributed by atoms with Crippen LogP contribution in [0.3, 0.4) is 0 Å². The van der Waals surface area contributed by atoms with Gasteiger partial charge >= 0.3 is 0 Å². The Balaban J connectivity index is 2.16. The lowest BCUT2D eigenvalue weighted by Gasteiger charge is -2.07. The van der Waals surface area contributed by atoms with Gasteiger partial charge in [-0.05, 0) is 24.6 Å². The third-order valence-corrected chi connectivity index (χ3v) is 2.96. The molecule has 3 heterocycles. The van der Waals surface area contributed by atoms with E-state index in [1.54, 1.807) is 6.20 Å². The van der Waals surface area contributed by atoms with Gasteiger partial charge in [-0.25, -0.2) is 4.98 Å². The van der Waals surface area contributed by atoms with Crippen molar-refractivity contribution < 1.29 is 4.79 Å². The van der Waals surface area contributed by atoms with Crippen molar-refractivity contribution in [2.24, 2.45) is 0 Å². The number of rotatable bonds is 1. The summed E-state index contributed by atoms with van der Waals surface area (Å²) in [7, 11) is 0. The number of hydrogen-bond donors (Lipinski definition) is 2. The van der Waals surface area contributed by atoms with Crippen LogP contribution in [0, 0.1) is 6.92 Å². The zero-order chi connectivity index (χ0) is 11.1. The number of hydrogen-bond acceptors (Lipinski definition) is 2. The van der Waals surface area contributed by atoms with Gasteiger partial charge in [-0.15, -0.1) is 0 Å². The smallest absolute Gasteiger partial charge is 0.237 e. The Morgan fingerprint density at radius 2 is 2.19 bits per heavy atom. The third-order valence-electron chi connectivity index (χ3n) is 2.96. The molecule has 0 bridgehead atoms. The molecule has 4 nitrogen and oxygen atoms in total. The lowest BCUT2D eigenvalue weighted by molar-refractivity contribution is -0.116. The van der Waals surface area contributed by atoms with E-state index in [1.165, 1.54) is 0 Å². The normalized spacial score (nSPS) is 18.3. The molecule has 0 spiro atoms. The van der Waals surface area contributed by atoms with E-state index in [0.717, 1.165) is 16.8 Å². The molecule has 1 unspecified atom stereocenters. The summed E-state index contributed by atoms with van der Waals surface area (Å²) in [4.78, 5) is 19.2. The van der Waals surface area contributed by atoms with Gasteiger partial charge in [0.15, 0.2) is 0 Å². The number of nitrogens with one attached hydrogen (secondary N) is 2. The van der Waals surface area contributed by atoms with Gasteiger partial charge < -0.3 is 10.3 Å². The molecule has 80 valence electrons. The molecular formula is C12H11N3O. The number of pyridine rings is 1. The quantitative estimate of drug-likeness (QED) is 0.758. The number of nitrogens with zero attached hydrogens (tertiary/aromatic N) is 1. The highest BCUT2D eigenvalue weighted by Crippen LogP contribution is 2.36. The molecular weight excluding hydrogens is 202 g/mol. The van der Waals surface area contributed by atoms with E-state index in [4.69, 9.17) is 0 Å². The van der Waals surface area contributed by atoms with Crippen LogP contribution >= 0.6 is 0 Å². The number of aryl methyl sites for hydroxylation is 1. The van der Waals surface area contributed by atoms with Gasteiger partial charge in [0.05, 0.1) is 5.92 Å². The minimum atomic E-state index is -0.227. The molecule has 2 aromatic heterocycles. The van der Waals surface area contributed by atoms with E-state index < -0.39 is 0 Å². The van der Waals surface area contributed by atoms with E-state index in [0.29, 0.717) is 5.82 Å². The molecule has 1 aliphatic heterocycles. The van der Waals surface area contributed by atoms with Crippen molar-refractivity contribution >= 4 is 11.7 Å². The Morgan fingerprint density at radius 3 is 2.94 bits per heavy atom. The van der Waals surface area contributed by atoms with E-state index in [9.17, 15) is 4.79 Å². The van der Waals surface area contributed by atoms with Crippen LogP contribution in [0.1, 0.15) is 22.7 Å². The standard InChI is InChI=1S/C12H11N3O/c1-7-8(4-6-13-7)10-9-3-2-5-14-11(9)15-12(10)16/h2-6,10,13H,1H3,(H,14,15,16).